The Balaban J connectivity index is 1.87. The number of carbonyl (C=O) groups excluding carboxylic acids is 1. The molecule has 1 aromatic rings. The predicted octanol–water partition coefficient (Wildman–Crippen LogP) is 1.83. The molecule has 1 unspecified atom stereocenters. The second kappa shape index (κ2) is 5.13. The number of hydrogen-bond donors (Lipinski definition) is 2. The molecular weight excluding hydrogens is 244 g/mol. The van der Waals surface area contributed by atoms with Crippen LogP contribution in [0.15, 0.2) is 12.1 Å². The number of rotatable bonds is 3. The van der Waals surface area contributed by atoms with E-state index < -0.39 is 0 Å². The Bertz CT molecular complexity index is 507. The van der Waals surface area contributed by atoms with Gasteiger partial charge in [0.05, 0.1) is 16.3 Å². The summed E-state index contributed by atoms with van der Waals surface area (Å²) in [4.78, 5) is 13.5. The van der Waals surface area contributed by atoms with E-state index >= 15 is 0 Å². The van der Waals surface area contributed by atoms with Crippen molar-refractivity contribution < 1.29 is 4.79 Å². The molecule has 1 aromatic heterocycles. The van der Waals surface area contributed by atoms with Gasteiger partial charge in [-0.2, -0.15) is 0 Å². The van der Waals surface area contributed by atoms with Crippen LogP contribution in [-0.4, -0.2) is 19.0 Å². The van der Waals surface area contributed by atoms with E-state index in [1.807, 2.05) is 12.1 Å². The minimum atomic E-state index is 0.00324. The molecule has 0 aliphatic heterocycles. The largest absolute Gasteiger partial charge is 0.351 e. The number of hydrogen-bond acceptors (Lipinski definition) is 3. The summed E-state index contributed by atoms with van der Waals surface area (Å²) < 4.78 is 0. The van der Waals surface area contributed by atoms with Crippen LogP contribution in [-0.2, 0) is 0 Å². The molecular formula is C14H18N2OS. The first-order valence-electron chi connectivity index (χ1n) is 6.10. The van der Waals surface area contributed by atoms with Crippen LogP contribution < -0.4 is 11.1 Å². The number of thiophene rings is 1. The molecule has 1 saturated carbocycles. The summed E-state index contributed by atoms with van der Waals surface area (Å²) in [6, 6.07) is 3.68. The maximum atomic E-state index is 11.9. The summed E-state index contributed by atoms with van der Waals surface area (Å²) in [5.41, 5.74) is 5.71. The third-order valence-electron chi connectivity index (χ3n) is 3.37. The van der Waals surface area contributed by atoms with Crippen molar-refractivity contribution in [2.75, 3.05) is 13.1 Å². The van der Waals surface area contributed by atoms with Crippen LogP contribution >= 0.6 is 11.3 Å². The van der Waals surface area contributed by atoms with Gasteiger partial charge in [0.25, 0.3) is 5.91 Å². The van der Waals surface area contributed by atoms with Crippen molar-refractivity contribution in [2.45, 2.75) is 20.3 Å². The normalized spacial score (nSPS) is 19.8. The van der Waals surface area contributed by atoms with E-state index in [9.17, 15) is 4.79 Å². The van der Waals surface area contributed by atoms with Gasteiger partial charge >= 0.3 is 0 Å². The minimum Gasteiger partial charge on any atom is -0.351 e. The molecule has 0 bridgehead atoms. The second-order valence-electron chi connectivity index (χ2n) is 5.27. The summed E-state index contributed by atoms with van der Waals surface area (Å²) in [5, 5.41) is 2.98. The monoisotopic (exact) mass is 262 g/mol. The van der Waals surface area contributed by atoms with E-state index in [1.54, 1.807) is 0 Å². The number of amides is 1. The van der Waals surface area contributed by atoms with Crippen molar-refractivity contribution in [3.05, 3.63) is 21.9 Å². The van der Waals surface area contributed by atoms with Crippen molar-refractivity contribution in [3.8, 4) is 11.8 Å². The molecule has 0 saturated heterocycles. The first-order valence-corrected chi connectivity index (χ1v) is 6.91. The van der Waals surface area contributed by atoms with Crippen LogP contribution in [0, 0.1) is 23.2 Å². The average Bonchev–Trinajstić information content (AvgIpc) is 2.77. The summed E-state index contributed by atoms with van der Waals surface area (Å²) in [6.07, 6.45) is 1.20. The highest BCUT2D eigenvalue weighted by molar-refractivity contribution is 7.14. The highest BCUT2D eigenvalue weighted by atomic mass is 32.1. The lowest BCUT2D eigenvalue weighted by molar-refractivity contribution is 0.0954. The fourth-order valence-corrected chi connectivity index (χ4v) is 2.69. The molecule has 1 aliphatic rings. The lowest BCUT2D eigenvalue weighted by Crippen LogP contribution is -2.25. The Morgan fingerprint density at radius 1 is 1.61 bits per heavy atom. The number of nitrogens with two attached hydrogens (primary N) is 1. The van der Waals surface area contributed by atoms with E-state index in [0.717, 1.165) is 16.3 Å². The lowest BCUT2D eigenvalue weighted by Gasteiger charge is -2.04. The zero-order valence-corrected chi connectivity index (χ0v) is 11.6. The zero-order chi connectivity index (χ0) is 13.2. The SMILES string of the molecule is CC1(C)CC1CNC(=O)c1ccc(C#CCN)s1. The van der Waals surface area contributed by atoms with Gasteiger partial charge in [0.1, 0.15) is 0 Å². The van der Waals surface area contributed by atoms with E-state index in [1.165, 1.54) is 17.8 Å². The van der Waals surface area contributed by atoms with Gasteiger partial charge in [0, 0.05) is 6.54 Å². The Morgan fingerprint density at radius 3 is 2.94 bits per heavy atom. The molecule has 0 radical (unpaired) electrons. The first-order chi connectivity index (χ1) is 8.53. The smallest absolute Gasteiger partial charge is 0.261 e. The average molecular weight is 262 g/mol. The maximum absolute atomic E-state index is 11.9. The van der Waals surface area contributed by atoms with Crippen LogP contribution in [0.4, 0.5) is 0 Å². The summed E-state index contributed by atoms with van der Waals surface area (Å²) in [5.74, 6) is 6.34. The standard InChI is InChI=1S/C14H18N2OS/c1-14(2)8-10(14)9-16-13(17)12-6-5-11(18-12)4-3-7-15/h5-6,10H,7-9,15H2,1-2H3,(H,16,17). The Hall–Kier alpha value is -1.31. The van der Waals surface area contributed by atoms with Crippen LogP contribution in [0.1, 0.15) is 34.8 Å². The van der Waals surface area contributed by atoms with Crippen LogP contribution in [0.5, 0.6) is 0 Å². The Morgan fingerprint density at radius 2 is 2.33 bits per heavy atom. The van der Waals surface area contributed by atoms with E-state index in [2.05, 4.69) is 31.0 Å². The molecule has 0 aromatic carbocycles. The van der Waals surface area contributed by atoms with Gasteiger partial charge in [-0.05, 0) is 29.9 Å². The van der Waals surface area contributed by atoms with E-state index in [4.69, 9.17) is 5.73 Å². The summed E-state index contributed by atoms with van der Waals surface area (Å²) in [7, 11) is 0. The molecule has 18 heavy (non-hydrogen) atoms. The van der Waals surface area contributed by atoms with E-state index in [-0.39, 0.29) is 5.91 Å². The molecule has 2 rings (SSSR count). The van der Waals surface area contributed by atoms with E-state index in [0.29, 0.717) is 17.9 Å². The Labute approximate surface area is 112 Å². The fraction of sp³-hybridized carbons (Fsp3) is 0.500. The molecule has 0 spiro atoms. The fourth-order valence-electron chi connectivity index (χ4n) is 1.89. The second-order valence-corrected chi connectivity index (χ2v) is 6.35. The molecule has 1 aliphatic carbocycles. The summed E-state index contributed by atoms with van der Waals surface area (Å²) >= 11 is 1.41. The van der Waals surface area contributed by atoms with Crippen LogP contribution in [0.3, 0.4) is 0 Å². The zero-order valence-electron chi connectivity index (χ0n) is 10.7. The van der Waals surface area contributed by atoms with Crippen molar-refractivity contribution >= 4 is 17.2 Å². The minimum absolute atomic E-state index is 0.00324. The molecule has 1 amide bonds. The lowest BCUT2D eigenvalue weighted by atomic mass is 10.1. The third-order valence-corrected chi connectivity index (χ3v) is 4.37. The molecule has 3 nitrogen and oxygen atoms in total. The quantitative estimate of drug-likeness (QED) is 0.817. The maximum Gasteiger partial charge on any atom is 0.261 e. The van der Waals surface area contributed by atoms with Crippen molar-refractivity contribution in [3.63, 3.8) is 0 Å². The molecule has 3 N–H and O–H groups in total. The van der Waals surface area contributed by atoms with Crippen LogP contribution in [0.2, 0.25) is 0 Å². The number of nitrogens with one attached hydrogen (secondary N) is 1. The third kappa shape index (κ3) is 3.12. The van der Waals surface area contributed by atoms with Crippen molar-refractivity contribution in [2.24, 2.45) is 17.1 Å². The van der Waals surface area contributed by atoms with Crippen molar-refractivity contribution in [1.82, 2.24) is 5.32 Å². The predicted molar refractivity (Wildman–Crippen MR) is 74.5 cm³/mol. The summed E-state index contributed by atoms with van der Waals surface area (Å²) in [6.45, 7) is 5.58. The molecule has 96 valence electrons. The number of carbonyl (C=O) groups is 1. The van der Waals surface area contributed by atoms with Gasteiger partial charge in [-0.1, -0.05) is 25.7 Å². The Kier molecular flexibility index (Phi) is 3.74. The van der Waals surface area contributed by atoms with Crippen molar-refractivity contribution in [1.29, 1.82) is 0 Å². The van der Waals surface area contributed by atoms with Crippen LogP contribution in [0.25, 0.3) is 0 Å². The van der Waals surface area contributed by atoms with Gasteiger partial charge in [-0.25, -0.2) is 0 Å². The topological polar surface area (TPSA) is 55.1 Å². The first kappa shape index (κ1) is 13.1. The molecule has 1 atom stereocenters. The molecule has 4 heteroatoms. The molecule has 1 fully saturated rings. The van der Waals surface area contributed by atoms with Gasteiger partial charge in [0.2, 0.25) is 0 Å². The van der Waals surface area contributed by atoms with Gasteiger partial charge in [0.15, 0.2) is 0 Å². The highest BCUT2D eigenvalue weighted by Crippen LogP contribution is 2.50. The molecule has 1 heterocycles. The van der Waals surface area contributed by atoms with Gasteiger partial charge in [-0.3, -0.25) is 4.79 Å². The highest BCUT2D eigenvalue weighted by Gasteiger charge is 2.45. The van der Waals surface area contributed by atoms with Gasteiger partial charge < -0.3 is 11.1 Å². The van der Waals surface area contributed by atoms with Gasteiger partial charge in [-0.15, -0.1) is 11.3 Å².